The summed E-state index contributed by atoms with van der Waals surface area (Å²) in [5, 5.41) is 11.1. The molecule has 1 atom stereocenters. The number of nitrogens with zero attached hydrogens (tertiary/aromatic N) is 1. The zero-order valence-electron chi connectivity index (χ0n) is 11.1. The summed E-state index contributed by atoms with van der Waals surface area (Å²) in [6, 6.07) is 2.89. The highest BCUT2D eigenvalue weighted by Gasteiger charge is 2.21. The minimum absolute atomic E-state index is 0.191. The van der Waals surface area contributed by atoms with Crippen molar-refractivity contribution < 1.29 is 13.9 Å². The zero-order valence-corrected chi connectivity index (χ0v) is 11.1. The molecular formula is C15H15FN2O2. The predicted octanol–water partition coefficient (Wildman–Crippen LogP) is 3.33. The maximum atomic E-state index is 13.8. The van der Waals surface area contributed by atoms with Gasteiger partial charge in [0.1, 0.15) is 11.9 Å². The standard InChI is InChI=1S/C15H15FN2O2/c1-2-3-9-8-20-14-11(16)5-4-10(12(9)14)13(19)15-17-6-7-18-15/h4-8,13,19H,2-3H2,1H3,(H,17,18). The Hall–Kier alpha value is -2.14. The number of aromatic nitrogens is 2. The molecule has 0 spiro atoms. The number of fused-ring (bicyclic) bond motifs is 1. The molecular weight excluding hydrogens is 259 g/mol. The fraction of sp³-hybridized carbons (Fsp3) is 0.267. The summed E-state index contributed by atoms with van der Waals surface area (Å²) in [4.78, 5) is 6.92. The molecule has 20 heavy (non-hydrogen) atoms. The van der Waals surface area contributed by atoms with Crippen molar-refractivity contribution in [2.75, 3.05) is 0 Å². The molecule has 0 aliphatic heterocycles. The highest BCUT2D eigenvalue weighted by atomic mass is 19.1. The number of aliphatic hydroxyl groups excluding tert-OH is 1. The van der Waals surface area contributed by atoms with Crippen molar-refractivity contribution in [3.05, 3.63) is 53.6 Å². The van der Waals surface area contributed by atoms with E-state index in [-0.39, 0.29) is 5.58 Å². The normalized spacial score (nSPS) is 12.9. The number of hydrogen-bond donors (Lipinski definition) is 2. The zero-order chi connectivity index (χ0) is 14.1. The summed E-state index contributed by atoms with van der Waals surface area (Å²) in [6.45, 7) is 2.04. The molecule has 1 unspecified atom stereocenters. The van der Waals surface area contributed by atoms with E-state index in [1.807, 2.05) is 6.92 Å². The molecule has 3 aromatic rings. The molecule has 0 radical (unpaired) electrons. The molecule has 0 bridgehead atoms. The molecule has 5 heteroatoms. The lowest BCUT2D eigenvalue weighted by atomic mass is 9.99. The van der Waals surface area contributed by atoms with Gasteiger partial charge in [-0.15, -0.1) is 0 Å². The minimum Gasteiger partial charge on any atom is -0.461 e. The van der Waals surface area contributed by atoms with Crippen molar-refractivity contribution in [1.82, 2.24) is 9.97 Å². The van der Waals surface area contributed by atoms with Crippen LogP contribution < -0.4 is 0 Å². The molecule has 0 amide bonds. The number of nitrogens with one attached hydrogen (secondary N) is 1. The van der Waals surface area contributed by atoms with Crippen LogP contribution in [0.5, 0.6) is 0 Å². The first-order valence-corrected chi connectivity index (χ1v) is 6.58. The van der Waals surface area contributed by atoms with Gasteiger partial charge in [0.05, 0.1) is 6.26 Å². The van der Waals surface area contributed by atoms with Crippen molar-refractivity contribution in [2.45, 2.75) is 25.9 Å². The van der Waals surface area contributed by atoms with Crippen LogP contribution in [0.15, 0.2) is 35.2 Å². The smallest absolute Gasteiger partial charge is 0.170 e. The molecule has 0 saturated carbocycles. The summed E-state index contributed by atoms with van der Waals surface area (Å²) < 4.78 is 19.2. The van der Waals surface area contributed by atoms with E-state index in [0.717, 1.165) is 18.4 Å². The van der Waals surface area contributed by atoms with E-state index < -0.39 is 11.9 Å². The molecule has 2 heterocycles. The van der Waals surface area contributed by atoms with Crippen LogP contribution in [0.25, 0.3) is 11.0 Å². The van der Waals surface area contributed by atoms with Gasteiger partial charge in [0.15, 0.2) is 11.4 Å². The van der Waals surface area contributed by atoms with Gasteiger partial charge in [-0.25, -0.2) is 9.37 Å². The average molecular weight is 274 g/mol. The molecule has 0 aliphatic rings. The summed E-state index contributed by atoms with van der Waals surface area (Å²) in [6.07, 6.45) is 5.54. The Morgan fingerprint density at radius 3 is 3.00 bits per heavy atom. The molecule has 2 N–H and O–H groups in total. The largest absolute Gasteiger partial charge is 0.461 e. The van der Waals surface area contributed by atoms with E-state index in [4.69, 9.17) is 4.42 Å². The summed E-state index contributed by atoms with van der Waals surface area (Å²) in [7, 11) is 0. The van der Waals surface area contributed by atoms with Crippen molar-refractivity contribution >= 4 is 11.0 Å². The third kappa shape index (κ3) is 2.00. The van der Waals surface area contributed by atoms with Gasteiger partial charge in [-0.3, -0.25) is 0 Å². The number of benzene rings is 1. The minimum atomic E-state index is -0.929. The van der Waals surface area contributed by atoms with Crippen molar-refractivity contribution in [3.8, 4) is 0 Å². The van der Waals surface area contributed by atoms with Gasteiger partial charge in [0, 0.05) is 17.8 Å². The van der Waals surface area contributed by atoms with Gasteiger partial charge in [0.25, 0.3) is 0 Å². The molecule has 1 aromatic carbocycles. The first-order valence-electron chi connectivity index (χ1n) is 6.58. The highest BCUT2D eigenvalue weighted by molar-refractivity contribution is 5.86. The SMILES string of the molecule is CCCc1coc2c(F)ccc(C(O)c3ncc[nH]3)c12. The van der Waals surface area contributed by atoms with E-state index in [9.17, 15) is 9.50 Å². The first kappa shape index (κ1) is 12.9. The van der Waals surface area contributed by atoms with Crippen molar-refractivity contribution in [1.29, 1.82) is 0 Å². The Morgan fingerprint density at radius 1 is 1.45 bits per heavy atom. The number of aliphatic hydroxyl groups is 1. The molecule has 0 saturated heterocycles. The monoisotopic (exact) mass is 274 g/mol. The van der Waals surface area contributed by atoms with Crippen LogP contribution in [-0.4, -0.2) is 15.1 Å². The van der Waals surface area contributed by atoms with Crippen molar-refractivity contribution in [3.63, 3.8) is 0 Å². The third-order valence-corrected chi connectivity index (χ3v) is 3.37. The van der Waals surface area contributed by atoms with E-state index in [1.165, 1.54) is 6.07 Å². The van der Waals surface area contributed by atoms with Crippen LogP contribution in [0.1, 0.15) is 36.4 Å². The molecule has 2 aromatic heterocycles. The predicted molar refractivity (Wildman–Crippen MR) is 72.8 cm³/mol. The van der Waals surface area contributed by atoms with Crippen LogP contribution in [0, 0.1) is 5.82 Å². The van der Waals surface area contributed by atoms with E-state index in [1.54, 1.807) is 24.7 Å². The number of rotatable bonds is 4. The molecule has 4 nitrogen and oxygen atoms in total. The Bertz CT molecular complexity index is 719. The number of furan rings is 1. The second-order valence-electron chi connectivity index (χ2n) is 4.73. The first-order chi connectivity index (χ1) is 9.72. The Balaban J connectivity index is 2.19. The maximum absolute atomic E-state index is 13.8. The lowest BCUT2D eigenvalue weighted by Gasteiger charge is -2.11. The topological polar surface area (TPSA) is 62.1 Å². The number of aryl methyl sites for hydroxylation is 1. The fourth-order valence-electron chi connectivity index (χ4n) is 2.46. The quantitative estimate of drug-likeness (QED) is 0.767. The van der Waals surface area contributed by atoms with Crippen LogP contribution >= 0.6 is 0 Å². The van der Waals surface area contributed by atoms with Gasteiger partial charge >= 0.3 is 0 Å². The molecule has 0 aliphatic carbocycles. The summed E-state index contributed by atoms with van der Waals surface area (Å²) >= 11 is 0. The van der Waals surface area contributed by atoms with Crippen LogP contribution in [-0.2, 0) is 6.42 Å². The molecule has 104 valence electrons. The van der Waals surface area contributed by atoms with Crippen LogP contribution in [0.2, 0.25) is 0 Å². The van der Waals surface area contributed by atoms with Gasteiger partial charge in [-0.05, 0) is 23.6 Å². The van der Waals surface area contributed by atoms with Gasteiger partial charge < -0.3 is 14.5 Å². The van der Waals surface area contributed by atoms with E-state index in [2.05, 4.69) is 9.97 Å². The number of halogens is 1. The highest BCUT2D eigenvalue weighted by Crippen LogP contribution is 2.33. The van der Waals surface area contributed by atoms with E-state index in [0.29, 0.717) is 16.8 Å². The fourth-order valence-corrected chi connectivity index (χ4v) is 2.46. The number of imidazole rings is 1. The Morgan fingerprint density at radius 2 is 2.30 bits per heavy atom. The molecule has 3 rings (SSSR count). The van der Waals surface area contributed by atoms with Gasteiger partial charge in [-0.2, -0.15) is 0 Å². The second kappa shape index (κ2) is 5.09. The number of H-pyrrole nitrogens is 1. The maximum Gasteiger partial charge on any atom is 0.170 e. The second-order valence-corrected chi connectivity index (χ2v) is 4.73. The lowest BCUT2D eigenvalue weighted by Crippen LogP contribution is -2.03. The average Bonchev–Trinajstić information content (AvgIpc) is 3.09. The van der Waals surface area contributed by atoms with Crippen LogP contribution in [0.4, 0.5) is 4.39 Å². The number of hydrogen-bond acceptors (Lipinski definition) is 3. The summed E-state index contributed by atoms with van der Waals surface area (Å²) in [5.74, 6) is 0.0132. The van der Waals surface area contributed by atoms with Crippen LogP contribution in [0.3, 0.4) is 0 Å². The molecule has 0 fully saturated rings. The van der Waals surface area contributed by atoms with Crippen molar-refractivity contribution in [2.24, 2.45) is 0 Å². The van der Waals surface area contributed by atoms with Gasteiger partial charge in [-0.1, -0.05) is 19.4 Å². The number of aromatic amines is 1. The Labute approximate surface area is 115 Å². The lowest BCUT2D eigenvalue weighted by molar-refractivity contribution is 0.212. The third-order valence-electron chi connectivity index (χ3n) is 3.37. The van der Waals surface area contributed by atoms with Gasteiger partial charge in [0.2, 0.25) is 0 Å². The Kier molecular flexibility index (Phi) is 3.28. The van der Waals surface area contributed by atoms with E-state index >= 15 is 0 Å². The summed E-state index contributed by atoms with van der Waals surface area (Å²) in [5.41, 5.74) is 1.70.